The van der Waals surface area contributed by atoms with E-state index in [1.54, 1.807) is 14.2 Å². The van der Waals surface area contributed by atoms with Crippen LogP contribution in [0.4, 0.5) is 0 Å². The van der Waals surface area contributed by atoms with E-state index >= 15 is 0 Å². The summed E-state index contributed by atoms with van der Waals surface area (Å²) in [6.45, 7) is 5.68. The van der Waals surface area contributed by atoms with Gasteiger partial charge in [-0.05, 0) is 45.0 Å². The van der Waals surface area contributed by atoms with Crippen molar-refractivity contribution in [2.24, 2.45) is 5.73 Å². The lowest BCUT2D eigenvalue weighted by atomic mass is 9.97. The van der Waals surface area contributed by atoms with Crippen molar-refractivity contribution >= 4 is 0 Å². The highest BCUT2D eigenvalue weighted by atomic mass is 16.5. The van der Waals surface area contributed by atoms with Crippen LogP contribution in [0.2, 0.25) is 0 Å². The molecule has 0 aromatic heterocycles. The van der Waals surface area contributed by atoms with E-state index in [9.17, 15) is 0 Å². The third-order valence-corrected chi connectivity index (χ3v) is 3.77. The number of nitrogens with two attached hydrogens (primary N) is 1. The fourth-order valence-corrected chi connectivity index (χ4v) is 2.22. The first-order valence-electron chi connectivity index (χ1n) is 7.00. The summed E-state index contributed by atoms with van der Waals surface area (Å²) in [5.74, 6) is 0.882. The third-order valence-electron chi connectivity index (χ3n) is 3.77. The number of rotatable bonds is 8. The van der Waals surface area contributed by atoms with Crippen LogP contribution in [0.3, 0.4) is 0 Å². The summed E-state index contributed by atoms with van der Waals surface area (Å²) in [6, 6.07) is 8.45. The van der Waals surface area contributed by atoms with Gasteiger partial charge in [0.25, 0.3) is 0 Å². The van der Waals surface area contributed by atoms with Gasteiger partial charge in [-0.25, -0.2) is 0 Å². The molecule has 0 fully saturated rings. The zero-order valence-corrected chi connectivity index (χ0v) is 13.3. The van der Waals surface area contributed by atoms with Crippen molar-refractivity contribution in [2.75, 3.05) is 27.8 Å². The average molecular weight is 280 g/mol. The van der Waals surface area contributed by atoms with Crippen molar-refractivity contribution in [3.8, 4) is 5.75 Å². The molecule has 0 radical (unpaired) electrons. The van der Waals surface area contributed by atoms with Gasteiger partial charge in [0.05, 0.1) is 12.7 Å². The summed E-state index contributed by atoms with van der Waals surface area (Å²) in [4.78, 5) is 2.28. The van der Waals surface area contributed by atoms with Crippen LogP contribution < -0.4 is 10.5 Å². The fraction of sp³-hybridized carbons (Fsp3) is 0.625. The Bertz CT molecular complexity index is 390. The molecular weight excluding hydrogens is 252 g/mol. The largest absolute Gasteiger partial charge is 0.497 e. The zero-order chi connectivity index (χ0) is 15.2. The van der Waals surface area contributed by atoms with Gasteiger partial charge in [-0.1, -0.05) is 12.1 Å². The van der Waals surface area contributed by atoms with Gasteiger partial charge in [0.1, 0.15) is 5.75 Å². The molecule has 1 aromatic carbocycles. The number of hydrogen-bond donors (Lipinski definition) is 1. The van der Waals surface area contributed by atoms with Crippen LogP contribution >= 0.6 is 0 Å². The molecular formula is C16H28N2O2. The number of benzene rings is 1. The Morgan fingerprint density at radius 2 is 1.80 bits per heavy atom. The fourth-order valence-electron chi connectivity index (χ4n) is 2.22. The predicted octanol–water partition coefficient (Wildman–Crippen LogP) is 2.27. The van der Waals surface area contributed by atoms with Crippen molar-refractivity contribution in [3.63, 3.8) is 0 Å². The van der Waals surface area contributed by atoms with Crippen molar-refractivity contribution in [1.29, 1.82) is 0 Å². The predicted molar refractivity (Wildman–Crippen MR) is 83.0 cm³/mol. The number of likely N-dealkylation sites (N-methyl/N-ethyl adjacent to an activating group) is 1. The lowest BCUT2D eigenvalue weighted by molar-refractivity contribution is -0.00538. The van der Waals surface area contributed by atoms with Gasteiger partial charge in [-0.2, -0.15) is 0 Å². The molecule has 0 spiro atoms. The van der Waals surface area contributed by atoms with Crippen molar-refractivity contribution in [2.45, 2.75) is 38.5 Å². The van der Waals surface area contributed by atoms with E-state index in [-0.39, 0.29) is 5.60 Å². The van der Waals surface area contributed by atoms with Gasteiger partial charge in [-0.15, -0.1) is 0 Å². The smallest absolute Gasteiger partial charge is 0.118 e. The molecule has 0 amide bonds. The van der Waals surface area contributed by atoms with E-state index in [0.29, 0.717) is 12.6 Å². The van der Waals surface area contributed by atoms with Gasteiger partial charge >= 0.3 is 0 Å². The van der Waals surface area contributed by atoms with Crippen molar-refractivity contribution in [1.82, 2.24) is 4.90 Å². The molecule has 4 heteroatoms. The first kappa shape index (κ1) is 17.0. The standard InChI is InChI=1S/C16H28N2O2/c1-16(2,20-5)10-14(11-17)18(3)12-13-6-8-15(19-4)9-7-13/h6-9,14H,10-12,17H2,1-5H3. The van der Waals surface area contributed by atoms with Crippen LogP contribution in [-0.4, -0.2) is 44.4 Å². The highest BCUT2D eigenvalue weighted by molar-refractivity contribution is 5.27. The number of hydrogen-bond acceptors (Lipinski definition) is 4. The highest BCUT2D eigenvalue weighted by Crippen LogP contribution is 2.20. The molecule has 0 saturated carbocycles. The summed E-state index contributed by atoms with van der Waals surface area (Å²) < 4.78 is 10.7. The van der Waals surface area contributed by atoms with E-state index in [1.807, 2.05) is 12.1 Å². The molecule has 0 bridgehead atoms. The van der Waals surface area contributed by atoms with Gasteiger partial charge < -0.3 is 15.2 Å². The molecule has 0 aliphatic carbocycles. The first-order valence-corrected chi connectivity index (χ1v) is 7.00. The first-order chi connectivity index (χ1) is 9.41. The van der Waals surface area contributed by atoms with Gasteiger partial charge in [0, 0.05) is 26.2 Å². The van der Waals surface area contributed by atoms with E-state index < -0.39 is 0 Å². The SMILES string of the molecule is COc1ccc(CN(C)C(CN)CC(C)(C)OC)cc1. The van der Waals surface area contributed by atoms with Gasteiger partial charge in [-0.3, -0.25) is 4.90 Å². The molecule has 1 rings (SSSR count). The Labute approximate surface area is 122 Å². The third kappa shape index (κ3) is 5.12. The lowest BCUT2D eigenvalue weighted by Gasteiger charge is -2.33. The minimum Gasteiger partial charge on any atom is -0.497 e. The van der Waals surface area contributed by atoms with Crippen LogP contribution in [0, 0.1) is 0 Å². The maximum absolute atomic E-state index is 5.92. The second kappa shape index (κ2) is 7.62. The van der Waals surface area contributed by atoms with E-state index in [2.05, 4.69) is 37.9 Å². The Balaban J connectivity index is 2.64. The highest BCUT2D eigenvalue weighted by Gasteiger charge is 2.24. The average Bonchev–Trinajstić information content (AvgIpc) is 2.45. The summed E-state index contributed by atoms with van der Waals surface area (Å²) in [6.07, 6.45) is 0.909. The molecule has 114 valence electrons. The number of nitrogens with zero attached hydrogens (tertiary/aromatic N) is 1. The maximum Gasteiger partial charge on any atom is 0.118 e. The Hall–Kier alpha value is -1.10. The molecule has 20 heavy (non-hydrogen) atoms. The molecule has 0 aliphatic heterocycles. The summed E-state index contributed by atoms with van der Waals surface area (Å²) in [5.41, 5.74) is 7.01. The second-order valence-corrected chi connectivity index (χ2v) is 5.82. The number of ether oxygens (including phenoxy) is 2. The molecule has 1 atom stereocenters. The quantitative estimate of drug-likeness (QED) is 0.793. The lowest BCUT2D eigenvalue weighted by Crippen LogP contribution is -2.43. The van der Waals surface area contributed by atoms with E-state index in [1.165, 1.54) is 5.56 Å². The minimum absolute atomic E-state index is 0.155. The van der Waals surface area contributed by atoms with Crippen molar-refractivity contribution < 1.29 is 9.47 Å². The Morgan fingerprint density at radius 3 is 2.25 bits per heavy atom. The van der Waals surface area contributed by atoms with E-state index in [0.717, 1.165) is 18.7 Å². The normalized spacial score (nSPS) is 13.6. The summed E-state index contributed by atoms with van der Waals surface area (Å²) in [7, 11) is 5.53. The molecule has 1 unspecified atom stereocenters. The molecule has 1 aromatic rings. The molecule has 0 heterocycles. The number of methoxy groups -OCH3 is 2. The molecule has 0 aliphatic rings. The topological polar surface area (TPSA) is 47.7 Å². The van der Waals surface area contributed by atoms with Crippen LogP contribution in [0.15, 0.2) is 24.3 Å². The molecule has 2 N–H and O–H groups in total. The molecule has 4 nitrogen and oxygen atoms in total. The minimum atomic E-state index is -0.155. The van der Waals surface area contributed by atoms with Crippen LogP contribution in [0.25, 0.3) is 0 Å². The summed E-state index contributed by atoms with van der Waals surface area (Å²) in [5, 5.41) is 0. The Kier molecular flexibility index (Phi) is 6.46. The second-order valence-electron chi connectivity index (χ2n) is 5.82. The van der Waals surface area contributed by atoms with Gasteiger partial charge in [0.2, 0.25) is 0 Å². The maximum atomic E-state index is 5.92. The van der Waals surface area contributed by atoms with Crippen LogP contribution in [0.1, 0.15) is 25.8 Å². The van der Waals surface area contributed by atoms with Crippen LogP contribution in [-0.2, 0) is 11.3 Å². The summed E-state index contributed by atoms with van der Waals surface area (Å²) >= 11 is 0. The zero-order valence-electron chi connectivity index (χ0n) is 13.3. The van der Waals surface area contributed by atoms with Crippen LogP contribution in [0.5, 0.6) is 5.75 Å². The molecule has 0 saturated heterocycles. The van der Waals surface area contributed by atoms with E-state index in [4.69, 9.17) is 15.2 Å². The monoisotopic (exact) mass is 280 g/mol. The van der Waals surface area contributed by atoms with Gasteiger partial charge in [0.15, 0.2) is 0 Å². The van der Waals surface area contributed by atoms with Crippen molar-refractivity contribution in [3.05, 3.63) is 29.8 Å². The Morgan fingerprint density at radius 1 is 1.20 bits per heavy atom.